The Morgan fingerprint density at radius 1 is 0.800 bits per heavy atom. The highest BCUT2D eigenvalue weighted by Gasteiger charge is 2.08. The van der Waals surface area contributed by atoms with E-state index in [2.05, 4.69) is 0 Å². The van der Waals surface area contributed by atoms with Crippen LogP contribution in [0.1, 0.15) is 84.0 Å². The number of unbranched alkanes of at least 4 members (excludes halogenated alkanes) is 8. The van der Waals surface area contributed by atoms with Gasteiger partial charge in [-0.05, 0) is 19.8 Å². The fraction of sp³-hybridized carbons (Fsp3) is 0.938. The third-order valence-electron chi connectivity index (χ3n) is 3.57. The summed E-state index contributed by atoms with van der Waals surface area (Å²) < 4.78 is 0. The fourth-order valence-electron chi connectivity index (χ4n) is 2.36. The largest absolute Gasteiger partial charge is 0.481 e. The summed E-state index contributed by atoms with van der Waals surface area (Å²) in [6.45, 7) is 1.84. The van der Waals surface area contributed by atoms with Gasteiger partial charge < -0.3 is 15.3 Å². The van der Waals surface area contributed by atoms with Crippen LogP contribution >= 0.6 is 0 Å². The minimum atomic E-state index is -0.923. The van der Waals surface area contributed by atoms with E-state index in [9.17, 15) is 9.90 Å². The lowest BCUT2D eigenvalue weighted by molar-refractivity contribution is -0.139. The molecule has 0 aliphatic rings. The molecule has 0 spiro atoms. The van der Waals surface area contributed by atoms with Gasteiger partial charge in [-0.2, -0.15) is 0 Å². The first kappa shape index (κ1) is 19.4. The molecule has 0 saturated carbocycles. The van der Waals surface area contributed by atoms with Crippen molar-refractivity contribution in [2.45, 2.75) is 96.2 Å². The van der Waals surface area contributed by atoms with E-state index in [1.54, 1.807) is 0 Å². The molecule has 0 radical (unpaired) electrons. The molecule has 0 aliphatic heterocycles. The average Bonchev–Trinajstić information content (AvgIpc) is 2.34. The van der Waals surface area contributed by atoms with E-state index in [-0.39, 0.29) is 12.5 Å². The lowest BCUT2D eigenvalue weighted by Crippen LogP contribution is -2.12. The molecule has 3 N–H and O–H groups in total. The number of rotatable bonds is 14. The molecule has 2 atom stereocenters. The average molecular weight is 288 g/mol. The molecule has 0 rings (SSSR count). The van der Waals surface area contributed by atoms with Gasteiger partial charge >= 0.3 is 5.97 Å². The Morgan fingerprint density at radius 3 is 1.60 bits per heavy atom. The maximum atomic E-state index is 10.4. The van der Waals surface area contributed by atoms with Crippen molar-refractivity contribution in [2.24, 2.45) is 0 Å². The zero-order chi connectivity index (χ0) is 15.2. The predicted octanol–water partition coefficient (Wildman–Crippen LogP) is 3.49. The first-order chi connectivity index (χ1) is 9.52. The molecule has 0 aromatic rings. The summed E-state index contributed by atoms with van der Waals surface area (Å²) >= 11 is 0. The highest BCUT2D eigenvalue weighted by atomic mass is 16.4. The normalized spacial score (nSPS) is 14.2. The molecule has 0 saturated heterocycles. The summed E-state index contributed by atoms with van der Waals surface area (Å²) in [5.41, 5.74) is 0. The van der Waals surface area contributed by atoms with Crippen LogP contribution in [0.3, 0.4) is 0 Å². The van der Waals surface area contributed by atoms with Gasteiger partial charge in [0.15, 0.2) is 0 Å². The molecule has 0 fully saturated rings. The van der Waals surface area contributed by atoms with Gasteiger partial charge in [0.25, 0.3) is 0 Å². The van der Waals surface area contributed by atoms with Crippen LogP contribution in [0.4, 0.5) is 0 Å². The number of carboxylic acids is 1. The van der Waals surface area contributed by atoms with Crippen LogP contribution < -0.4 is 0 Å². The van der Waals surface area contributed by atoms with Crippen molar-refractivity contribution in [1.82, 2.24) is 0 Å². The van der Waals surface area contributed by atoms with E-state index in [1.807, 2.05) is 6.92 Å². The summed E-state index contributed by atoms with van der Waals surface area (Å²) in [4.78, 5) is 10.4. The van der Waals surface area contributed by atoms with Crippen molar-refractivity contribution in [2.75, 3.05) is 0 Å². The first-order valence-electron chi connectivity index (χ1n) is 8.10. The zero-order valence-electron chi connectivity index (χ0n) is 12.9. The molecule has 0 aromatic heterocycles. The second-order valence-electron chi connectivity index (χ2n) is 5.86. The molecule has 0 heterocycles. The van der Waals surface area contributed by atoms with Gasteiger partial charge in [0, 0.05) is 0 Å². The predicted molar refractivity (Wildman–Crippen MR) is 80.7 cm³/mol. The topological polar surface area (TPSA) is 77.8 Å². The van der Waals surface area contributed by atoms with E-state index < -0.39 is 12.1 Å². The second kappa shape index (κ2) is 13.4. The smallest absolute Gasteiger partial charge is 0.305 e. The number of aliphatic carboxylic acids is 1. The van der Waals surface area contributed by atoms with Crippen molar-refractivity contribution in [3.63, 3.8) is 0 Å². The molecule has 0 amide bonds. The Hall–Kier alpha value is -0.610. The molecular weight excluding hydrogens is 256 g/mol. The van der Waals surface area contributed by atoms with E-state index >= 15 is 0 Å². The molecule has 0 bridgehead atoms. The van der Waals surface area contributed by atoms with E-state index in [0.29, 0.717) is 6.42 Å². The van der Waals surface area contributed by atoms with Crippen LogP contribution in [0.2, 0.25) is 0 Å². The number of hydrogen-bond donors (Lipinski definition) is 3. The van der Waals surface area contributed by atoms with Crippen molar-refractivity contribution in [3.8, 4) is 0 Å². The van der Waals surface area contributed by atoms with Crippen LogP contribution in [0.25, 0.3) is 0 Å². The number of aliphatic hydroxyl groups excluding tert-OH is 2. The van der Waals surface area contributed by atoms with E-state index in [0.717, 1.165) is 25.7 Å². The van der Waals surface area contributed by atoms with Crippen molar-refractivity contribution < 1.29 is 20.1 Å². The minimum absolute atomic E-state index is 0.132. The standard InChI is InChI=1S/C16H32O4/c1-14(17)11-9-7-5-3-2-4-6-8-10-12-15(18)13-16(19)20/h14-15,17-18H,2-13H2,1H3,(H,19,20). The van der Waals surface area contributed by atoms with E-state index in [4.69, 9.17) is 10.2 Å². The number of hydrogen-bond acceptors (Lipinski definition) is 3. The summed E-state index contributed by atoms with van der Waals surface area (Å²) in [7, 11) is 0. The Morgan fingerprint density at radius 2 is 1.20 bits per heavy atom. The summed E-state index contributed by atoms with van der Waals surface area (Å²) in [6.07, 6.45) is 11.1. The van der Waals surface area contributed by atoms with E-state index in [1.165, 1.54) is 38.5 Å². The molecule has 4 heteroatoms. The quantitative estimate of drug-likeness (QED) is 0.428. The highest BCUT2D eigenvalue weighted by Crippen LogP contribution is 2.13. The Labute approximate surface area is 123 Å². The van der Waals surface area contributed by atoms with Crippen LogP contribution in [0.15, 0.2) is 0 Å². The van der Waals surface area contributed by atoms with Gasteiger partial charge in [0.1, 0.15) is 0 Å². The van der Waals surface area contributed by atoms with Crippen molar-refractivity contribution in [3.05, 3.63) is 0 Å². The van der Waals surface area contributed by atoms with Crippen LogP contribution in [-0.2, 0) is 4.79 Å². The number of carboxylic acid groups (broad SMARTS) is 1. The number of aliphatic hydroxyl groups is 2. The van der Waals surface area contributed by atoms with Gasteiger partial charge in [-0.25, -0.2) is 0 Å². The monoisotopic (exact) mass is 288 g/mol. The summed E-state index contributed by atoms with van der Waals surface area (Å²) in [5.74, 6) is -0.923. The summed E-state index contributed by atoms with van der Waals surface area (Å²) in [5, 5.41) is 27.0. The Kier molecular flexibility index (Phi) is 13.0. The molecule has 4 nitrogen and oxygen atoms in total. The maximum absolute atomic E-state index is 10.4. The van der Waals surface area contributed by atoms with Gasteiger partial charge in [-0.3, -0.25) is 4.79 Å². The molecule has 0 aromatic carbocycles. The Bertz CT molecular complexity index is 229. The van der Waals surface area contributed by atoms with Gasteiger partial charge in [0.05, 0.1) is 18.6 Å². The van der Waals surface area contributed by atoms with Crippen LogP contribution in [0, 0.1) is 0 Å². The molecular formula is C16H32O4. The van der Waals surface area contributed by atoms with Crippen LogP contribution in [-0.4, -0.2) is 33.5 Å². The van der Waals surface area contributed by atoms with Crippen molar-refractivity contribution in [1.29, 1.82) is 0 Å². The third kappa shape index (κ3) is 15.4. The third-order valence-corrected chi connectivity index (χ3v) is 3.57. The molecule has 2 unspecified atom stereocenters. The molecule has 0 aliphatic carbocycles. The molecule has 120 valence electrons. The SMILES string of the molecule is CC(O)CCCCCCCCCCCC(O)CC(=O)O. The van der Waals surface area contributed by atoms with Gasteiger partial charge in [-0.15, -0.1) is 0 Å². The maximum Gasteiger partial charge on any atom is 0.305 e. The Balaban J connectivity index is 3.11. The second-order valence-corrected chi connectivity index (χ2v) is 5.86. The zero-order valence-corrected chi connectivity index (χ0v) is 12.9. The van der Waals surface area contributed by atoms with Crippen molar-refractivity contribution >= 4 is 5.97 Å². The first-order valence-corrected chi connectivity index (χ1v) is 8.10. The van der Waals surface area contributed by atoms with Gasteiger partial charge in [0.2, 0.25) is 0 Å². The highest BCUT2D eigenvalue weighted by molar-refractivity contribution is 5.67. The molecule has 20 heavy (non-hydrogen) atoms. The summed E-state index contributed by atoms with van der Waals surface area (Å²) in [6, 6.07) is 0. The van der Waals surface area contributed by atoms with Gasteiger partial charge in [-0.1, -0.05) is 57.8 Å². The number of carbonyl (C=O) groups is 1. The minimum Gasteiger partial charge on any atom is -0.481 e. The van der Waals surface area contributed by atoms with Crippen LogP contribution in [0.5, 0.6) is 0 Å². The fourth-order valence-corrected chi connectivity index (χ4v) is 2.36. The lowest BCUT2D eigenvalue weighted by Gasteiger charge is -2.07. The lowest BCUT2D eigenvalue weighted by atomic mass is 10.0.